The molecule has 2 rings (SSSR count). The van der Waals surface area contributed by atoms with Crippen LogP contribution in [0, 0.1) is 5.82 Å². The lowest BCUT2D eigenvalue weighted by Crippen LogP contribution is -2.09. The van der Waals surface area contributed by atoms with E-state index in [4.69, 9.17) is 11.6 Å². The molecule has 0 aromatic heterocycles. The minimum Gasteiger partial charge on any atom is -0.345 e. The van der Waals surface area contributed by atoms with E-state index in [2.05, 4.69) is 0 Å². The van der Waals surface area contributed by atoms with Crippen LogP contribution in [0.3, 0.4) is 0 Å². The van der Waals surface area contributed by atoms with E-state index >= 15 is 0 Å². The summed E-state index contributed by atoms with van der Waals surface area (Å²) in [6.07, 6.45) is 0. The minimum atomic E-state index is -0.276. The third-order valence-electron chi connectivity index (χ3n) is 2.93. The second-order valence-electron chi connectivity index (χ2n) is 4.26. The molecule has 98 valence electrons. The first kappa shape index (κ1) is 13.6. The molecule has 0 saturated heterocycles. The summed E-state index contributed by atoms with van der Waals surface area (Å²) in [6.45, 7) is 1.48. The summed E-state index contributed by atoms with van der Waals surface area (Å²) in [6, 6.07) is 11.4. The summed E-state index contributed by atoms with van der Waals surface area (Å²) in [5.74, 6) is -0.344. The lowest BCUT2D eigenvalue weighted by Gasteiger charge is -2.20. The molecule has 2 nitrogen and oxygen atoms in total. The van der Waals surface area contributed by atoms with Gasteiger partial charge in [0, 0.05) is 24.0 Å². The van der Waals surface area contributed by atoms with Crippen LogP contribution in [0.25, 0.3) is 0 Å². The van der Waals surface area contributed by atoms with Crippen molar-refractivity contribution in [3.05, 3.63) is 58.9 Å². The first-order chi connectivity index (χ1) is 8.99. The van der Waals surface area contributed by atoms with Gasteiger partial charge in [-0.1, -0.05) is 11.6 Å². The van der Waals surface area contributed by atoms with Crippen molar-refractivity contribution in [3.63, 3.8) is 0 Å². The molecule has 0 amide bonds. The standard InChI is InChI=1S/C15H13ClFNO/c1-10(19)14-8-7-13(9-15(14)16)18(2)12-5-3-11(17)4-6-12/h3-9H,1-2H3. The molecular weight excluding hydrogens is 265 g/mol. The van der Waals surface area contributed by atoms with Crippen LogP contribution in [-0.2, 0) is 0 Å². The molecule has 0 unspecified atom stereocenters. The molecule has 2 aromatic rings. The number of carbonyl (C=O) groups is 1. The van der Waals surface area contributed by atoms with Crippen molar-refractivity contribution >= 4 is 28.8 Å². The molecule has 0 N–H and O–H groups in total. The third kappa shape index (κ3) is 2.93. The SMILES string of the molecule is CC(=O)c1ccc(N(C)c2ccc(F)cc2)cc1Cl. The normalized spacial score (nSPS) is 10.3. The quantitative estimate of drug-likeness (QED) is 0.773. The lowest BCUT2D eigenvalue weighted by molar-refractivity contribution is 0.101. The van der Waals surface area contributed by atoms with E-state index in [0.29, 0.717) is 10.6 Å². The highest BCUT2D eigenvalue weighted by atomic mass is 35.5. The summed E-state index contributed by atoms with van der Waals surface area (Å²) in [7, 11) is 1.85. The average molecular weight is 278 g/mol. The van der Waals surface area contributed by atoms with E-state index in [0.717, 1.165) is 11.4 Å². The lowest BCUT2D eigenvalue weighted by atomic mass is 10.1. The van der Waals surface area contributed by atoms with Gasteiger partial charge >= 0.3 is 0 Å². The molecule has 0 heterocycles. The summed E-state index contributed by atoms with van der Waals surface area (Å²) in [4.78, 5) is 13.2. The fourth-order valence-corrected chi connectivity index (χ4v) is 2.12. The number of halogens is 2. The number of nitrogens with zero attached hydrogens (tertiary/aromatic N) is 1. The highest BCUT2D eigenvalue weighted by Gasteiger charge is 2.09. The zero-order valence-electron chi connectivity index (χ0n) is 10.7. The van der Waals surface area contributed by atoms with Crippen LogP contribution < -0.4 is 4.90 Å². The Balaban J connectivity index is 2.34. The van der Waals surface area contributed by atoms with E-state index < -0.39 is 0 Å². The number of anilines is 2. The summed E-state index contributed by atoms with van der Waals surface area (Å²) < 4.78 is 12.9. The van der Waals surface area contributed by atoms with E-state index in [-0.39, 0.29) is 11.6 Å². The van der Waals surface area contributed by atoms with Crippen molar-refractivity contribution in [2.45, 2.75) is 6.92 Å². The fraction of sp³-hybridized carbons (Fsp3) is 0.133. The summed E-state index contributed by atoms with van der Waals surface area (Å²) in [5, 5.41) is 0.416. The number of hydrogen-bond donors (Lipinski definition) is 0. The first-order valence-corrected chi connectivity index (χ1v) is 6.16. The highest BCUT2D eigenvalue weighted by Crippen LogP contribution is 2.28. The van der Waals surface area contributed by atoms with Crippen molar-refractivity contribution in [2.24, 2.45) is 0 Å². The van der Waals surface area contributed by atoms with Gasteiger partial charge in [0.15, 0.2) is 5.78 Å². The maximum absolute atomic E-state index is 12.9. The molecule has 0 aliphatic rings. The molecule has 4 heteroatoms. The Bertz CT molecular complexity index is 610. The van der Waals surface area contributed by atoms with E-state index in [9.17, 15) is 9.18 Å². The Morgan fingerprint density at radius 3 is 2.21 bits per heavy atom. The Morgan fingerprint density at radius 2 is 1.68 bits per heavy atom. The smallest absolute Gasteiger partial charge is 0.161 e. The molecule has 0 atom stereocenters. The Morgan fingerprint density at radius 1 is 1.11 bits per heavy atom. The van der Waals surface area contributed by atoms with E-state index in [1.54, 1.807) is 24.3 Å². The largest absolute Gasteiger partial charge is 0.345 e. The molecule has 0 saturated carbocycles. The molecule has 0 aliphatic carbocycles. The predicted octanol–water partition coefficient (Wildman–Crippen LogP) is 4.45. The number of rotatable bonds is 3. The molecule has 0 aliphatic heterocycles. The van der Waals surface area contributed by atoms with Crippen LogP contribution in [0.4, 0.5) is 15.8 Å². The van der Waals surface area contributed by atoms with Crippen LogP contribution in [-0.4, -0.2) is 12.8 Å². The number of Topliss-reactive ketones (excluding diaryl/α,β-unsaturated/α-hetero) is 1. The van der Waals surface area contributed by atoms with Gasteiger partial charge in [-0.05, 0) is 49.4 Å². The van der Waals surface area contributed by atoms with Crippen molar-refractivity contribution in [2.75, 3.05) is 11.9 Å². The van der Waals surface area contributed by atoms with Gasteiger partial charge in [0.2, 0.25) is 0 Å². The van der Waals surface area contributed by atoms with Crippen molar-refractivity contribution in [1.82, 2.24) is 0 Å². The van der Waals surface area contributed by atoms with Gasteiger partial charge in [-0.3, -0.25) is 4.79 Å². The zero-order valence-corrected chi connectivity index (χ0v) is 11.4. The van der Waals surface area contributed by atoms with Gasteiger partial charge in [0.05, 0.1) is 5.02 Å². The fourth-order valence-electron chi connectivity index (χ4n) is 1.81. The summed E-state index contributed by atoms with van der Waals surface area (Å²) in [5.41, 5.74) is 2.17. The molecule has 0 bridgehead atoms. The van der Waals surface area contributed by atoms with Gasteiger partial charge in [-0.15, -0.1) is 0 Å². The monoisotopic (exact) mass is 277 g/mol. The Labute approximate surface area is 116 Å². The van der Waals surface area contributed by atoms with Crippen molar-refractivity contribution in [1.29, 1.82) is 0 Å². The van der Waals surface area contributed by atoms with E-state index in [1.165, 1.54) is 19.1 Å². The van der Waals surface area contributed by atoms with E-state index in [1.807, 2.05) is 18.0 Å². The maximum Gasteiger partial charge on any atom is 0.161 e. The van der Waals surface area contributed by atoms with Gasteiger partial charge in [0.25, 0.3) is 0 Å². The minimum absolute atomic E-state index is 0.0685. The first-order valence-electron chi connectivity index (χ1n) is 5.79. The molecule has 0 spiro atoms. The van der Waals surface area contributed by atoms with Gasteiger partial charge in [-0.2, -0.15) is 0 Å². The van der Waals surface area contributed by atoms with Crippen molar-refractivity contribution in [3.8, 4) is 0 Å². The molecule has 2 aromatic carbocycles. The van der Waals surface area contributed by atoms with Crippen LogP contribution in [0.15, 0.2) is 42.5 Å². The van der Waals surface area contributed by atoms with Crippen LogP contribution in [0.1, 0.15) is 17.3 Å². The molecule has 0 fully saturated rings. The number of carbonyl (C=O) groups excluding carboxylic acids is 1. The topological polar surface area (TPSA) is 20.3 Å². The number of ketones is 1. The Hall–Kier alpha value is -1.87. The second kappa shape index (κ2) is 5.41. The molecule has 19 heavy (non-hydrogen) atoms. The van der Waals surface area contributed by atoms with Crippen molar-refractivity contribution < 1.29 is 9.18 Å². The second-order valence-corrected chi connectivity index (χ2v) is 4.66. The van der Waals surface area contributed by atoms with Crippen LogP contribution in [0.5, 0.6) is 0 Å². The average Bonchev–Trinajstić information content (AvgIpc) is 2.38. The molecular formula is C15H13ClFNO. The Kier molecular flexibility index (Phi) is 3.86. The number of hydrogen-bond acceptors (Lipinski definition) is 2. The predicted molar refractivity (Wildman–Crippen MR) is 75.9 cm³/mol. The van der Waals surface area contributed by atoms with Crippen LogP contribution in [0.2, 0.25) is 5.02 Å². The zero-order chi connectivity index (χ0) is 14.0. The van der Waals surface area contributed by atoms with Gasteiger partial charge in [-0.25, -0.2) is 4.39 Å². The number of benzene rings is 2. The highest BCUT2D eigenvalue weighted by molar-refractivity contribution is 6.34. The van der Waals surface area contributed by atoms with Gasteiger partial charge < -0.3 is 4.90 Å². The third-order valence-corrected chi connectivity index (χ3v) is 3.25. The maximum atomic E-state index is 12.9. The van der Waals surface area contributed by atoms with Crippen LogP contribution >= 0.6 is 11.6 Å². The van der Waals surface area contributed by atoms with Gasteiger partial charge in [0.1, 0.15) is 5.82 Å². The molecule has 0 radical (unpaired) electrons. The summed E-state index contributed by atoms with van der Waals surface area (Å²) >= 11 is 6.07.